The lowest BCUT2D eigenvalue weighted by Gasteiger charge is -2.09. The molecule has 0 aliphatic heterocycles. The Hall–Kier alpha value is -2.74. The highest BCUT2D eigenvalue weighted by Gasteiger charge is 2.11. The topological polar surface area (TPSA) is 84.7 Å². The number of hydrogen-bond donors (Lipinski definition) is 2. The second-order valence-corrected chi connectivity index (χ2v) is 6.00. The highest BCUT2D eigenvalue weighted by molar-refractivity contribution is 7.09. The van der Waals surface area contributed by atoms with Crippen molar-refractivity contribution >= 4 is 23.2 Å². The monoisotopic (exact) mass is 328 g/mol. The number of urea groups is 1. The number of carbonyl (C=O) groups is 1. The quantitative estimate of drug-likeness (QED) is 0.771. The largest absolute Gasteiger partial charge is 0.333 e. The van der Waals surface area contributed by atoms with Gasteiger partial charge in [0.15, 0.2) is 0 Å². The Morgan fingerprint density at radius 2 is 2.04 bits per heavy atom. The lowest BCUT2D eigenvalue weighted by Crippen LogP contribution is -2.29. The van der Waals surface area contributed by atoms with Gasteiger partial charge in [0.05, 0.1) is 12.7 Å². The van der Waals surface area contributed by atoms with E-state index in [1.165, 1.54) is 4.68 Å². The lowest BCUT2D eigenvalue weighted by molar-refractivity contribution is 0.251. The molecule has 7 nitrogen and oxygen atoms in total. The molecule has 0 saturated heterocycles. The number of amides is 2. The molecule has 0 saturated carbocycles. The van der Waals surface area contributed by atoms with Crippen LogP contribution in [-0.4, -0.2) is 25.8 Å². The van der Waals surface area contributed by atoms with Crippen molar-refractivity contribution in [3.05, 3.63) is 52.1 Å². The fraction of sp³-hybridized carbons (Fsp3) is 0.200. The minimum atomic E-state index is -0.301. The molecule has 0 aliphatic carbocycles. The first kappa shape index (κ1) is 15.2. The zero-order chi connectivity index (χ0) is 16.2. The molecule has 0 atom stereocenters. The Morgan fingerprint density at radius 1 is 1.26 bits per heavy atom. The van der Waals surface area contributed by atoms with Crippen LogP contribution in [0.5, 0.6) is 0 Å². The first-order chi connectivity index (χ1) is 11.1. The first-order valence-corrected chi connectivity index (χ1v) is 7.94. The molecule has 23 heavy (non-hydrogen) atoms. The van der Waals surface area contributed by atoms with Crippen LogP contribution in [0.15, 0.2) is 35.8 Å². The SMILES string of the molecule is Cc1cc(C)nc(-n2nccc2NC(=O)NCc2cccs2)n1. The number of hydrogen-bond acceptors (Lipinski definition) is 5. The highest BCUT2D eigenvalue weighted by Crippen LogP contribution is 2.13. The number of anilines is 1. The molecular weight excluding hydrogens is 312 g/mol. The predicted octanol–water partition coefficient (Wildman–Crippen LogP) is 2.66. The van der Waals surface area contributed by atoms with Crippen molar-refractivity contribution in [2.45, 2.75) is 20.4 Å². The molecule has 3 rings (SSSR count). The molecule has 2 N–H and O–H groups in total. The average molecular weight is 328 g/mol. The van der Waals surface area contributed by atoms with Crippen molar-refractivity contribution in [3.8, 4) is 5.95 Å². The Morgan fingerprint density at radius 3 is 2.74 bits per heavy atom. The maximum Gasteiger partial charge on any atom is 0.320 e. The van der Waals surface area contributed by atoms with Crippen LogP contribution in [-0.2, 0) is 6.54 Å². The predicted molar refractivity (Wildman–Crippen MR) is 88.8 cm³/mol. The summed E-state index contributed by atoms with van der Waals surface area (Å²) in [5.41, 5.74) is 1.69. The van der Waals surface area contributed by atoms with Gasteiger partial charge in [-0.15, -0.1) is 11.3 Å². The molecule has 0 bridgehead atoms. The van der Waals surface area contributed by atoms with Crippen LogP contribution >= 0.6 is 11.3 Å². The van der Waals surface area contributed by atoms with E-state index in [9.17, 15) is 4.79 Å². The van der Waals surface area contributed by atoms with Gasteiger partial charge in [0.1, 0.15) is 5.82 Å². The van der Waals surface area contributed by atoms with Crippen LogP contribution in [0.4, 0.5) is 10.6 Å². The molecule has 0 spiro atoms. The minimum absolute atomic E-state index is 0.301. The second kappa shape index (κ2) is 6.57. The van der Waals surface area contributed by atoms with Crippen LogP contribution in [0.3, 0.4) is 0 Å². The van der Waals surface area contributed by atoms with E-state index < -0.39 is 0 Å². The Kier molecular flexibility index (Phi) is 4.33. The summed E-state index contributed by atoms with van der Waals surface area (Å²) >= 11 is 1.60. The van der Waals surface area contributed by atoms with Crippen molar-refractivity contribution in [3.63, 3.8) is 0 Å². The van der Waals surface area contributed by atoms with E-state index in [2.05, 4.69) is 25.7 Å². The van der Waals surface area contributed by atoms with E-state index in [1.807, 2.05) is 37.4 Å². The second-order valence-electron chi connectivity index (χ2n) is 4.97. The number of carbonyl (C=O) groups excluding carboxylic acids is 1. The van der Waals surface area contributed by atoms with Gasteiger partial charge in [-0.2, -0.15) is 9.78 Å². The van der Waals surface area contributed by atoms with Crippen LogP contribution < -0.4 is 10.6 Å². The highest BCUT2D eigenvalue weighted by atomic mass is 32.1. The fourth-order valence-electron chi connectivity index (χ4n) is 2.10. The smallest absolute Gasteiger partial charge is 0.320 e. The Labute approximate surface area is 137 Å². The third-order valence-electron chi connectivity index (χ3n) is 3.05. The standard InChI is InChI=1S/C15H16N6OS/c1-10-8-11(2)19-14(18-10)21-13(5-6-17-21)20-15(22)16-9-12-4-3-7-23-12/h3-8H,9H2,1-2H3,(H2,16,20,22). The molecule has 3 heterocycles. The van der Waals surface area contributed by atoms with E-state index in [1.54, 1.807) is 23.6 Å². The van der Waals surface area contributed by atoms with Crippen molar-refractivity contribution in [2.24, 2.45) is 0 Å². The van der Waals surface area contributed by atoms with Crippen molar-refractivity contribution < 1.29 is 4.79 Å². The molecule has 118 valence electrons. The van der Waals surface area contributed by atoms with E-state index >= 15 is 0 Å². The van der Waals surface area contributed by atoms with Crippen LogP contribution in [0, 0.1) is 13.8 Å². The summed E-state index contributed by atoms with van der Waals surface area (Å²) in [6.07, 6.45) is 1.59. The molecule has 2 amide bonds. The molecule has 3 aromatic heterocycles. The zero-order valence-corrected chi connectivity index (χ0v) is 13.6. The van der Waals surface area contributed by atoms with Gasteiger partial charge in [-0.1, -0.05) is 6.07 Å². The van der Waals surface area contributed by atoms with Gasteiger partial charge in [0.2, 0.25) is 0 Å². The lowest BCUT2D eigenvalue weighted by atomic mass is 10.4. The van der Waals surface area contributed by atoms with Gasteiger partial charge >= 0.3 is 6.03 Å². The summed E-state index contributed by atoms with van der Waals surface area (Å²) in [5.74, 6) is 0.944. The fourth-order valence-corrected chi connectivity index (χ4v) is 2.75. The van der Waals surface area contributed by atoms with Crippen LogP contribution in [0.1, 0.15) is 16.3 Å². The van der Waals surface area contributed by atoms with Gasteiger partial charge in [-0.3, -0.25) is 5.32 Å². The van der Waals surface area contributed by atoms with Gasteiger partial charge in [-0.05, 0) is 31.4 Å². The van der Waals surface area contributed by atoms with Crippen molar-refractivity contribution in [2.75, 3.05) is 5.32 Å². The molecule has 0 aromatic carbocycles. The summed E-state index contributed by atoms with van der Waals surface area (Å²) in [7, 11) is 0. The summed E-state index contributed by atoms with van der Waals surface area (Å²) in [4.78, 5) is 21.8. The molecular formula is C15H16N6OS. The van der Waals surface area contributed by atoms with Crippen molar-refractivity contribution in [1.29, 1.82) is 0 Å². The summed E-state index contributed by atoms with van der Waals surface area (Å²) < 4.78 is 1.50. The van der Waals surface area contributed by atoms with Crippen molar-refractivity contribution in [1.82, 2.24) is 25.1 Å². The third kappa shape index (κ3) is 3.72. The van der Waals surface area contributed by atoms with E-state index in [0.29, 0.717) is 18.3 Å². The number of nitrogens with one attached hydrogen (secondary N) is 2. The Balaban J connectivity index is 1.72. The Bertz CT molecular complexity index is 791. The van der Waals surface area contributed by atoms with E-state index in [-0.39, 0.29) is 6.03 Å². The maximum absolute atomic E-state index is 12.0. The number of nitrogens with zero attached hydrogens (tertiary/aromatic N) is 4. The van der Waals surface area contributed by atoms with Crippen LogP contribution in [0.25, 0.3) is 5.95 Å². The summed E-state index contributed by atoms with van der Waals surface area (Å²) in [6, 6.07) is 7.20. The van der Waals surface area contributed by atoms with E-state index in [4.69, 9.17) is 0 Å². The maximum atomic E-state index is 12.0. The van der Waals surface area contributed by atoms with Gasteiger partial charge in [-0.25, -0.2) is 14.8 Å². The third-order valence-corrected chi connectivity index (χ3v) is 3.92. The minimum Gasteiger partial charge on any atom is -0.333 e. The zero-order valence-electron chi connectivity index (χ0n) is 12.8. The van der Waals surface area contributed by atoms with Gasteiger partial charge in [0, 0.05) is 22.3 Å². The van der Waals surface area contributed by atoms with Gasteiger partial charge < -0.3 is 5.32 Å². The summed E-state index contributed by atoms with van der Waals surface area (Å²) in [6.45, 7) is 4.27. The number of rotatable bonds is 4. The molecule has 8 heteroatoms. The van der Waals surface area contributed by atoms with Gasteiger partial charge in [0.25, 0.3) is 5.95 Å². The molecule has 0 aliphatic rings. The molecule has 0 fully saturated rings. The number of thiophene rings is 1. The molecule has 0 unspecified atom stereocenters. The first-order valence-electron chi connectivity index (χ1n) is 7.06. The normalized spacial score (nSPS) is 10.5. The molecule has 3 aromatic rings. The van der Waals surface area contributed by atoms with Crippen LogP contribution in [0.2, 0.25) is 0 Å². The summed E-state index contributed by atoms with van der Waals surface area (Å²) in [5, 5.41) is 11.7. The number of aryl methyl sites for hydroxylation is 2. The number of aromatic nitrogens is 4. The van der Waals surface area contributed by atoms with E-state index in [0.717, 1.165) is 16.3 Å². The molecule has 0 radical (unpaired) electrons. The average Bonchev–Trinajstić information content (AvgIpc) is 3.15.